The third-order valence-electron chi connectivity index (χ3n) is 5.37. The Morgan fingerprint density at radius 3 is 2.56 bits per heavy atom. The molecule has 1 fully saturated rings. The average Bonchev–Trinajstić information content (AvgIpc) is 3.53. The molecule has 1 saturated heterocycles. The molecule has 0 saturated carbocycles. The average molecular weight is 485 g/mol. The molecule has 0 radical (unpaired) electrons. The highest BCUT2D eigenvalue weighted by atomic mass is 32.1. The Labute approximate surface area is 198 Å². The quantitative estimate of drug-likeness (QED) is 0.483. The van der Waals surface area contributed by atoms with Crippen molar-refractivity contribution in [3.63, 3.8) is 0 Å². The molecule has 4 rings (SSSR count). The number of nitrogens with one attached hydrogen (secondary N) is 1. The smallest absolute Gasteiger partial charge is 0.413 e. The lowest BCUT2D eigenvalue weighted by molar-refractivity contribution is -0.138. The topological polar surface area (TPSA) is 122 Å². The minimum atomic E-state index is -1.29. The van der Waals surface area contributed by atoms with Crippen molar-refractivity contribution < 1.29 is 28.6 Å². The first-order valence-electron chi connectivity index (χ1n) is 10.5. The lowest BCUT2D eigenvalue weighted by atomic mass is 10.1. The monoisotopic (exact) mass is 484 g/mol. The van der Waals surface area contributed by atoms with Gasteiger partial charge in [-0.1, -0.05) is 0 Å². The van der Waals surface area contributed by atoms with Crippen molar-refractivity contribution in [3.8, 4) is 27.7 Å². The number of amides is 1. The standard InChI is InChI=1S/C23H21FN4O5S/c1-13(22(30)31)25-23(32)33-19-16(12-29)10-15(11-18(19)24)21-26-20(27-34-21)14-4-6-17(7-5-14)28-8-2-3-9-28/h4-7,10-13H,2-3,8-9H2,1H3,(H,25,32)(H,30,31)/t13-/m0/s1. The van der Waals surface area contributed by atoms with Gasteiger partial charge in [-0.25, -0.2) is 14.2 Å². The molecule has 2 heterocycles. The normalized spacial score (nSPS) is 14.0. The van der Waals surface area contributed by atoms with Crippen molar-refractivity contribution in [1.29, 1.82) is 0 Å². The number of aldehydes is 1. The summed E-state index contributed by atoms with van der Waals surface area (Å²) < 4.78 is 23.9. The number of carboxylic acids is 1. The number of hydrogen-bond donors (Lipinski definition) is 2. The number of anilines is 1. The van der Waals surface area contributed by atoms with E-state index in [2.05, 4.69) is 14.3 Å². The number of rotatable bonds is 7. The number of hydrogen-bond acceptors (Lipinski definition) is 8. The molecule has 11 heteroatoms. The Bertz CT molecular complexity index is 1220. The predicted octanol–water partition coefficient (Wildman–Crippen LogP) is 3.99. The van der Waals surface area contributed by atoms with Crippen molar-refractivity contribution >= 4 is 35.6 Å². The number of aromatic nitrogens is 2. The molecule has 0 spiro atoms. The first kappa shape index (κ1) is 23.3. The van der Waals surface area contributed by atoms with Crippen LogP contribution in [0.25, 0.3) is 22.0 Å². The van der Waals surface area contributed by atoms with Gasteiger partial charge >= 0.3 is 12.1 Å². The van der Waals surface area contributed by atoms with E-state index in [9.17, 15) is 18.8 Å². The molecule has 0 unspecified atom stereocenters. The second-order valence-electron chi connectivity index (χ2n) is 7.75. The molecule has 1 atom stereocenters. The lowest BCUT2D eigenvalue weighted by Gasteiger charge is -2.17. The van der Waals surface area contributed by atoms with E-state index in [0.717, 1.165) is 41.9 Å². The predicted molar refractivity (Wildman–Crippen MR) is 124 cm³/mol. The van der Waals surface area contributed by atoms with E-state index in [0.29, 0.717) is 22.7 Å². The van der Waals surface area contributed by atoms with Crippen molar-refractivity contribution in [2.75, 3.05) is 18.0 Å². The van der Waals surface area contributed by atoms with Crippen molar-refractivity contribution in [1.82, 2.24) is 14.7 Å². The maximum absolute atomic E-state index is 14.7. The van der Waals surface area contributed by atoms with Crippen LogP contribution >= 0.6 is 11.5 Å². The zero-order valence-corrected chi connectivity index (χ0v) is 19.0. The van der Waals surface area contributed by atoms with Gasteiger partial charge in [0.05, 0.1) is 5.56 Å². The first-order valence-corrected chi connectivity index (χ1v) is 11.3. The van der Waals surface area contributed by atoms with E-state index >= 15 is 0 Å². The highest BCUT2D eigenvalue weighted by molar-refractivity contribution is 7.09. The van der Waals surface area contributed by atoms with Gasteiger partial charge in [-0.2, -0.15) is 4.37 Å². The number of carboxylic acid groups (broad SMARTS) is 1. The van der Waals surface area contributed by atoms with Gasteiger partial charge in [0, 0.05) is 29.9 Å². The summed E-state index contributed by atoms with van der Waals surface area (Å²) >= 11 is 1.05. The maximum Gasteiger partial charge on any atom is 0.413 e. The van der Waals surface area contributed by atoms with E-state index in [1.54, 1.807) is 0 Å². The molecule has 1 aromatic heterocycles. The summed E-state index contributed by atoms with van der Waals surface area (Å²) in [5.41, 5.74) is 2.03. The molecule has 0 bridgehead atoms. The van der Waals surface area contributed by atoms with Crippen LogP contribution < -0.4 is 15.0 Å². The second kappa shape index (κ2) is 9.96. The zero-order chi connectivity index (χ0) is 24.2. The number of nitrogens with zero attached hydrogens (tertiary/aromatic N) is 3. The minimum absolute atomic E-state index is 0.222. The SMILES string of the molecule is C[C@H](NC(=O)Oc1c(F)cc(-c2nc(-c3ccc(N4CCCC4)cc3)ns2)cc1C=O)C(=O)O. The summed E-state index contributed by atoms with van der Waals surface area (Å²) in [5, 5.41) is 11.3. The Morgan fingerprint density at radius 2 is 1.91 bits per heavy atom. The summed E-state index contributed by atoms with van der Waals surface area (Å²) in [6.45, 7) is 3.31. The second-order valence-corrected chi connectivity index (χ2v) is 8.50. The van der Waals surface area contributed by atoms with Crippen LogP contribution in [-0.2, 0) is 4.79 Å². The zero-order valence-electron chi connectivity index (χ0n) is 18.2. The number of ether oxygens (including phenoxy) is 1. The largest absolute Gasteiger partial charge is 0.480 e. The Balaban J connectivity index is 1.53. The Hall–Kier alpha value is -3.86. The van der Waals surface area contributed by atoms with Crippen LogP contribution in [0.3, 0.4) is 0 Å². The summed E-state index contributed by atoms with van der Waals surface area (Å²) in [7, 11) is 0. The minimum Gasteiger partial charge on any atom is -0.480 e. The van der Waals surface area contributed by atoms with Crippen LogP contribution in [0.15, 0.2) is 36.4 Å². The van der Waals surface area contributed by atoms with Gasteiger partial charge < -0.3 is 20.1 Å². The summed E-state index contributed by atoms with van der Waals surface area (Å²) in [5.74, 6) is -2.38. The Morgan fingerprint density at radius 1 is 1.21 bits per heavy atom. The van der Waals surface area contributed by atoms with Crippen molar-refractivity contribution in [3.05, 3.63) is 47.8 Å². The van der Waals surface area contributed by atoms with Gasteiger partial charge in [-0.3, -0.25) is 9.59 Å². The van der Waals surface area contributed by atoms with E-state index in [-0.39, 0.29) is 5.56 Å². The molecular formula is C23H21FN4O5S. The number of aliphatic carboxylic acids is 1. The first-order chi connectivity index (χ1) is 16.4. The summed E-state index contributed by atoms with van der Waals surface area (Å²) in [6, 6.07) is 9.08. The number of carbonyl (C=O) groups excluding carboxylic acids is 2. The van der Waals surface area contributed by atoms with Crippen molar-refractivity contribution in [2.45, 2.75) is 25.8 Å². The van der Waals surface area contributed by atoms with Crippen LogP contribution in [0.5, 0.6) is 5.75 Å². The van der Waals surface area contributed by atoms with E-state index < -0.39 is 29.7 Å². The van der Waals surface area contributed by atoms with Crippen LogP contribution in [0.2, 0.25) is 0 Å². The van der Waals surface area contributed by atoms with Gasteiger partial charge in [0.2, 0.25) is 0 Å². The molecular weight excluding hydrogens is 463 g/mol. The van der Waals surface area contributed by atoms with Crippen LogP contribution in [-0.4, -0.2) is 51.9 Å². The van der Waals surface area contributed by atoms with E-state index in [1.165, 1.54) is 25.8 Å². The molecule has 9 nitrogen and oxygen atoms in total. The number of carbonyl (C=O) groups is 3. The fourth-order valence-corrected chi connectivity index (χ4v) is 4.22. The van der Waals surface area contributed by atoms with Gasteiger partial charge in [-0.05, 0) is 67.7 Å². The van der Waals surface area contributed by atoms with Gasteiger partial charge in [-0.15, -0.1) is 0 Å². The molecule has 34 heavy (non-hydrogen) atoms. The fourth-order valence-electron chi connectivity index (χ4n) is 3.55. The summed E-state index contributed by atoms with van der Waals surface area (Å²) in [6.07, 6.45) is 1.52. The van der Waals surface area contributed by atoms with Crippen LogP contribution in [0.4, 0.5) is 14.9 Å². The highest BCUT2D eigenvalue weighted by Gasteiger charge is 2.21. The number of benzene rings is 2. The molecule has 2 aromatic carbocycles. The summed E-state index contributed by atoms with van der Waals surface area (Å²) in [4.78, 5) is 41.0. The van der Waals surface area contributed by atoms with Crippen molar-refractivity contribution in [2.24, 2.45) is 0 Å². The van der Waals surface area contributed by atoms with E-state index in [4.69, 9.17) is 9.84 Å². The maximum atomic E-state index is 14.7. The van der Waals surface area contributed by atoms with Gasteiger partial charge in [0.15, 0.2) is 23.7 Å². The lowest BCUT2D eigenvalue weighted by Crippen LogP contribution is -2.40. The molecule has 0 aliphatic carbocycles. The van der Waals surface area contributed by atoms with Gasteiger partial charge in [0.25, 0.3) is 0 Å². The number of halogens is 1. The Kier molecular flexibility index (Phi) is 6.82. The molecule has 176 valence electrons. The van der Waals surface area contributed by atoms with Crippen LogP contribution in [0, 0.1) is 5.82 Å². The fraction of sp³-hybridized carbons (Fsp3) is 0.261. The molecule has 3 aromatic rings. The van der Waals surface area contributed by atoms with Crippen LogP contribution in [0.1, 0.15) is 30.1 Å². The molecule has 2 N–H and O–H groups in total. The molecule has 1 amide bonds. The highest BCUT2D eigenvalue weighted by Crippen LogP contribution is 2.32. The molecule has 1 aliphatic rings. The third kappa shape index (κ3) is 5.04. The molecule has 1 aliphatic heterocycles. The van der Waals surface area contributed by atoms with E-state index in [1.807, 2.05) is 29.6 Å². The third-order valence-corrected chi connectivity index (χ3v) is 6.13. The van der Waals surface area contributed by atoms with Gasteiger partial charge in [0.1, 0.15) is 11.0 Å².